The Bertz CT molecular complexity index is 211. The average molecular weight is 169 g/mol. The van der Waals surface area contributed by atoms with E-state index < -0.39 is 0 Å². The molecule has 1 aliphatic heterocycles. The molecule has 3 nitrogen and oxygen atoms in total. The van der Waals surface area contributed by atoms with Crippen molar-refractivity contribution in [2.24, 2.45) is 5.92 Å². The Morgan fingerprint density at radius 3 is 2.33 bits per heavy atom. The molecule has 0 N–H and O–H groups in total. The molecule has 1 aliphatic rings. The third kappa shape index (κ3) is 1.36. The van der Waals surface area contributed by atoms with Crippen molar-refractivity contribution in [3.05, 3.63) is 0 Å². The van der Waals surface area contributed by atoms with E-state index in [9.17, 15) is 9.59 Å². The second-order valence-corrected chi connectivity index (χ2v) is 3.51. The van der Waals surface area contributed by atoms with Crippen LogP contribution in [0.1, 0.15) is 33.6 Å². The molecule has 0 saturated carbocycles. The SMILES string of the molecule is CC[C@H]1CC(=O)N(C(C)C)C1=O. The first-order valence-electron chi connectivity index (χ1n) is 4.43. The highest BCUT2D eigenvalue weighted by molar-refractivity contribution is 6.03. The van der Waals surface area contributed by atoms with Gasteiger partial charge in [0.25, 0.3) is 0 Å². The van der Waals surface area contributed by atoms with Crippen LogP contribution in [0.25, 0.3) is 0 Å². The Morgan fingerprint density at radius 1 is 1.50 bits per heavy atom. The van der Waals surface area contributed by atoms with E-state index in [-0.39, 0.29) is 23.8 Å². The predicted molar refractivity (Wildman–Crippen MR) is 45.4 cm³/mol. The molecule has 1 rings (SSSR count). The molecule has 1 fully saturated rings. The van der Waals surface area contributed by atoms with Crippen molar-refractivity contribution in [2.45, 2.75) is 39.7 Å². The summed E-state index contributed by atoms with van der Waals surface area (Å²) in [5.74, 6) is -0.0562. The molecular formula is C9H15NO2. The zero-order valence-corrected chi connectivity index (χ0v) is 7.83. The monoisotopic (exact) mass is 169 g/mol. The highest BCUT2D eigenvalue weighted by Crippen LogP contribution is 2.23. The smallest absolute Gasteiger partial charge is 0.233 e. The maximum atomic E-state index is 11.5. The number of amides is 2. The van der Waals surface area contributed by atoms with Gasteiger partial charge >= 0.3 is 0 Å². The molecule has 0 aromatic carbocycles. The van der Waals surface area contributed by atoms with Gasteiger partial charge in [-0.2, -0.15) is 0 Å². The van der Waals surface area contributed by atoms with E-state index in [2.05, 4.69) is 0 Å². The van der Waals surface area contributed by atoms with Crippen molar-refractivity contribution in [2.75, 3.05) is 0 Å². The van der Waals surface area contributed by atoms with Crippen molar-refractivity contribution in [1.82, 2.24) is 4.90 Å². The summed E-state index contributed by atoms with van der Waals surface area (Å²) >= 11 is 0. The zero-order valence-electron chi connectivity index (χ0n) is 7.83. The highest BCUT2D eigenvalue weighted by atomic mass is 16.2. The third-order valence-electron chi connectivity index (χ3n) is 2.29. The van der Waals surface area contributed by atoms with Crippen LogP contribution in [0.3, 0.4) is 0 Å². The minimum atomic E-state index is -0.0556. The van der Waals surface area contributed by atoms with Crippen LogP contribution < -0.4 is 0 Å². The first kappa shape index (κ1) is 9.23. The van der Waals surface area contributed by atoms with Gasteiger partial charge in [0.1, 0.15) is 0 Å². The minimum absolute atomic E-state index is 0.0116. The van der Waals surface area contributed by atoms with Crippen molar-refractivity contribution in [3.8, 4) is 0 Å². The van der Waals surface area contributed by atoms with Gasteiger partial charge in [-0.1, -0.05) is 6.92 Å². The number of imide groups is 1. The Balaban J connectivity index is 2.77. The molecule has 0 radical (unpaired) electrons. The van der Waals surface area contributed by atoms with Crippen molar-refractivity contribution < 1.29 is 9.59 Å². The van der Waals surface area contributed by atoms with Crippen LogP contribution in [-0.2, 0) is 9.59 Å². The van der Waals surface area contributed by atoms with E-state index in [0.717, 1.165) is 6.42 Å². The minimum Gasteiger partial charge on any atom is -0.280 e. The second kappa shape index (κ2) is 3.25. The van der Waals surface area contributed by atoms with E-state index in [4.69, 9.17) is 0 Å². The van der Waals surface area contributed by atoms with Crippen LogP contribution in [0, 0.1) is 5.92 Å². The quantitative estimate of drug-likeness (QED) is 0.582. The van der Waals surface area contributed by atoms with Gasteiger partial charge in [0, 0.05) is 18.4 Å². The Hall–Kier alpha value is -0.860. The number of nitrogens with zero attached hydrogens (tertiary/aromatic N) is 1. The maximum Gasteiger partial charge on any atom is 0.233 e. The van der Waals surface area contributed by atoms with Crippen LogP contribution in [0.4, 0.5) is 0 Å². The first-order chi connectivity index (χ1) is 5.57. The summed E-state index contributed by atoms with van der Waals surface area (Å²) in [6, 6.07) is 0.0153. The Kier molecular flexibility index (Phi) is 2.50. The van der Waals surface area contributed by atoms with E-state index in [0.29, 0.717) is 6.42 Å². The van der Waals surface area contributed by atoms with Crippen LogP contribution in [0.2, 0.25) is 0 Å². The lowest BCUT2D eigenvalue weighted by Gasteiger charge is -2.18. The second-order valence-electron chi connectivity index (χ2n) is 3.51. The fourth-order valence-corrected chi connectivity index (χ4v) is 1.58. The topological polar surface area (TPSA) is 37.4 Å². The van der Waals surface area contributed by atoms with Crippen LogP contribution >= 0.6 is 0 Å². The van der Waals surface area contributed by atoms with Gasteiger partial charge in [-0.05, 0) is 20.3 Å². The lowest BCUT2D eigenvalue weighted by atomic mass is 10.1. The molecule has 1 saturated heterocycles. The number of carbonyl (C=O) groups is 2. The summed E-state index contributed by atoms with van der Waals surface area (Å²) in [6.45, 7) is 5.68. The molecule has 0 aromatic rings. The number of carbonyl (C=O) groups excluding carboxylic acids is 2. The summed E-state index contributed by atoms with van der Waals surface area (Å²) in [5, 5.41) is 0. The molecular weight excluding hydrogens is 154 g/mol. The van der Waals surface area contributed by atoms with Crippen molar-refractivity contribution in [1.29, 1.82) is 0 Å². The summed E-state index contributed by atoms with van der Waals surface area (Å²) in [5.41, 5.74) is 0. The Morgan fingerprint density at radius 2 is 2.08 bits per heavy atom. The number of hydrogen-bond acceptors (Lipinski definition) is 2. The van der Waals surface area contributed by atoms with Gasteiger partial charge in [0.2, 0.25) is 11.8 Å². The molecule has 0 bridgehead atoms. The fourth-order valence-electron chi connectivity index (χ4n) is 1.58. The average Bonchev–Trinajstić information content (AvgIpc) is 2.25. The first-order valence-corrected chi connectivity index (χ1v) is 4.43. The van der Waals surface area contributed by atoms with Crippen LogP contribution in [0.5, 0.6) is 0 Å². The van der Waals surface area contributed by atoms with E-state index in [1.54, 1.807) is 0 Å². The maximum absolute atomic E-state index is 11.5. The molecule has 68 valence electrons. The predicted octanol–water partition coefficient (Wildman–Crippen LogP) is 1.18. The number of hydrogen-bond donors (Lipinski definition) is 0. The highest BCUT2D eigenvalue weighted by Gasteiger charge is 2.38. The lowest BCUT2D eigenvalue weighted by molar-refractivity contribution is -0.141. The van der Waals surface area contributed by atoms with Gasteiger partial charge in [-0.15, -0.1) is 0 Å². The van der Waals surface area contributed by atoms with Gasteiger partial charge in [0.05, 0.1) is 0 Å². The molecule has 0 unspecified atom stereocenters. The number of likely N-dealkylation sites (tertiary alicyclic amines) is 1. The lowest BCUT2D eigenvalue weighted by Crippen LogP contribution is -2.36. The molecule has 3 heteroatoms. The van der Waals surface area contributed by atoms with Gasteiger partial charge in [-0.25, -0.2) is 0 Å². The van der Waals surface area contributed by atoms with Gasteiger partial charge < -0.3 is 0 Å². The van der Waals surface area contributed by atoms with Crippen LogP contribution in [-0.4, -0.2) is 22.8 Å². The largest absolute Gasteiger partial charge is 0.280 e. The van der Waals surface area contributed by atoms with Gasteiger partial charge in [0.15, 0.2) is 0 Å². The molecule has 0 spiro atoms. The van der Waals surface area contributed by atoms with Gasteiger partial charge in [-0.3, -0.25) is 14.5 Å². The molecule has 1 atom stereocenters. The Labute approximate surface area is 72.7 Å². The van der Waals surface area contributed by atoms with E-state index in [1.807, 2.05) is 20.8 Å². The number of rotatable bonds is 2. The molecule has 0 aromatic heterocycles. The molecule has 12 heavy (non-hydrogen) atoms. The van der Waals surface area contributed by atoms with Crippen LogP contribution in [0.15, 0.2) is 0 Å². The summed E-state index contributed by atoms with van der Waals surface area (Å²) in [7, 11) is 0. The zero-order chi connectivity index (χ0) is 9.30. The molecule has 0 aliphatic carbocycles. The van der Waals surface area contributed by atoms with E-state index >= 15 is 0 Å². The third-order valence-corrected chi connectivity index (χ3v) is 2.29. The fraction of sp³-hybridized carbons (Fsp3) is 0.778. The normalized spacial score (nSPS) is 24.3. The molecule has 2 amide bonds. The standard InChI is InChI=1S/C9H15NO2/c1-4-7-5-8(11)10(6(2)3)9(7)12/h6-7H,4-5H2,1-3H3/t7-/m0/s1. The summed E-state index contributed by atoms with van der Waals surface area (Å²) in [6.07, 6.45) is 1.18. The summed E-state index contributed by atoms with van der Waals surface area (Å²) in [4.78, 5) is 24.2. The summed E-state index contributed by atoms with van der Waals surface area (Å²) < 4.78 is 0. The molecule has 1 heterocycles. The van der Waals surface area contributed by atoms with Crippen molar-refractivity contribution >= 4 is 11.8 Å². The van der Waals surface area contributed by atoms with E-state index in [1.165, 1.54) is 4.90 Å². The van der Waals surface area contributed by atoms with Crippen molar-refractivity contribution in [3.63, 3.8) is 0 Å².